The van der Waals surface area contributed by atoms with Gasteiger partial charge in [0.2, 0.25) is 5.79 Å². The number of benzene rings is 2. The number of aliphatic hydroxyl groups is 1. The number of halogens is 2. The molecule has 0 spiro atoms. The Hall–Kier alpha value is -2.47. The van der Waals surface area contributed by atoms with Gasteiger partial charge in [-0.25, -0.2) is 4.39 Å². The number of likely N-dealkylation sites (tertiary alicyclic amines) is 1. The van der Waals surface area contributed by atoms with Gasteiger partial charge in [-0.2, -0.15) is 0 Å². The monoisotopic (exact) mass is 539 g/mol. The zero-order valence-corrected chi connectivity index (χ0v) is 22.3. The maximum atomic E-state index is 13.4. The molecule has 0 radical (unpaired) electrons. The van der Waals surface area contributed by atoms with Crippen molar-refractivity contribution in [3.05, 3.63) is 58.4 Å². The lowest BCUT2D eigenvalue weighted by Crippen LogP contribution is -2.55. The summed E-state index contributed by atoms with van der Waals surface area (Å²) in [4.78, 5) is 15.1. The van der Waals surface area contributed by atoms with Crippen LogP contribution in [0.1, 0.15) is 28.8 Å². The van der Waals surface area contributed by atoms with Gasteiger partial charge in [0.25, 0.3) is 5.91 Å². The van der Waals surface area contributed by atoms with Crippen molar-refractivity contribution in [2.24, 2.45) is 0 Å². The number of nitrogen functional groups attached to an aromatic ring is 1. The van der Waals surface area contributed by atoms with Crippen molar-refractivity contribution in [2.75, 3.05) is 53.8 Å². The summed E-state index contributed by atoms with van der Waals surface area (Å²) in [5.41, 5.74) is 6.95. The average molecular weight is 540 g/mol. The van der Waals surface area contributed by atoms with Crippen molar-refractivity contribution in [2.45, 2.75) is 36.9 Å². The average Bonchev–Trinajstić information content (AvgIpc) is 2.91. The fourth-order valence-corrected chi connectivity index (χ4v) is 4.87. The fourth-order valence-electron chi connectivity index (χ4n) is 4.71. The number of anilines is 1. The molecule has 2 aromatic carbocycles. The molecule has 1 unspecified atom stereocenters. The van der Waals surface area contributed by atoms with Crippen LogP contribution in [0.2, 0.25) is 5.02 Å². The predicted molar refractivity (Wildman–Crippen MR) is 138 cm³/mol. The van der Waals surface area contributed by atoms with E-state index in [0.29, 0.717) is 55.0 Å². The van der Waals surface area contributed by atoms with E-state index in [9.17, 15) is 14.3 Å². The summed E-state index contributed by atoms with van der Waals surface area (Å²) in [5, 5.41) is 14.3. The molecule has 4 N–H and O–H groups in total. The van der Waals surface area contributed by atoms with Gasteiger partial charge < -0.3 is 40.0 Å². The van der Waals surface area contributed by atoms with E-state index in [1.807, 2.05) is 0 Å². The molecule has 3 rings (SSSR count). The molecule has 9 nitrogen and oxygen atoms in total. The highest BCUT2D eigenvalue weighted by Crippen LogP contribution is 2.33. The lowest BCUT2D eigenvalue weighted by Gasteiger charge is -2.40. The zero-order valence-electron chi connectivity index (χ0n) is 21.5. The Balaban J connectivity index is 1.62. The van der Waals surface area contributed by atoms with Gasteiger partial charge in [-0.05, 0) is 31.0 Å². The van der Waals surface area contributed by atoms with Crippen molar-refractivity contribution in [1.29, 1.82) is 0 Å². The van der Waals surface area contributed by atoms with Crippen LogP contribution in [-0.4, -0.2) is 82.2 Å². The standard InChI is InChI=1S/C26H35ClFN3O6/c1-34-22-14-20(29)19(27)13-18(22)25(33)30-21-9-11-31(15-23(21)35-2)12-10-24(32)26(36-3,37-4)16-5-7-17(28)8-6-16/h5-8,13-14,21,23-24,32H,9-12,15,29H2,1-4H3,(H,30,33)/t21-,23+,24?/m0/s1. The number of carbonyl (C=O) groups is 1. The van der Waals surface area contributed by atoms with Gasteiger partial charge in [0.1, 0.15) is 17.7 Å². The molecule has 1 amide bonds. The highest BCUT2D eigenvalue weighted by atomic mass is 35.5. The van der Waals surface area contributed by atoms with Crippen LogP contribution in [0.3, 0.4) is 0 Å². The van der Waals surface area contributed by atoms with Crippen LogP contribution in [0.15, 0.2) is 36.4 Å². The van der Waals surface area contributed by atoms with Crippen LogP contribution >= 0.6 is 11.6 Å². The van der Waals surface area contributed by atoms with Gasteiger partial charge in [0.15, 0.2) is 0 Å². The third-order valence-corrected chi connectivity index (χ3v) is 7.16. The number of nitrogens with two attached hydrogens (primary N) is 1. The maximum Gasteiger partial charge on any atom is 0.255 e. The number of methoxy groups -OCH3 is 4. The summed E-state index contributed by atoms with van der Waals surface area (Å²) in [6.45, 7) is 1.73. The van der Waals surface area contributed by atoms with Gasteiger partial charge in [-0.15, -0.1) is 0 Å². The quantitative estimate of drug-likeness (QED) is 0.295. The molecular formula is C26H35ClFN3O6. The van der Waals surface area contributed by atoms with E-state index in [2.05, 4.69) is 10.2 Å². The first-order valence-electron chi connectivity index (χ1n) is 11.9. The number of nitrogens with zero attached hydrogens (tertiary/aromatic N) is 1. The number of rotatable bonds is 11. The highest BCUT2D eigenvalue weighted by molar-refractivity contribution is 6.33. The minimum absolute atomic E-state index is 0.240. The lowest BCUT2D eigenvalue weighted by molar-refractivity contribution is -0.270. The van der Waals surface area contributed by atoms with Crippen molar-refractivity contribution in [1.82, 2.24) is 10.2 Å². The summed E-state index contributed by atoms with van der Waals surface area (Å²) in [7, 11) is 5.93. The number of hydrogen-bond donors (Lipinski definition) is 3. The first kappa shape index (κ1) is 29.1. The molecule has 11 heteroatoms. The number of aliphatic hydroxyl groups excluding tert-OH is 1. The van der Waals surface area contributed by atoms with Gasteiger partial charge in [-0.1, -0.05) is 23.7 Å². The van der Waals surface area contributed by atoms with Crippen LogP contribution in [0.4, 0.5) is 10.1 Å². The summed E-state index contributed by atoms with van der Waals surface area (Å²) in [5.74, 6) is -1.82. The molecule has 0 aromatic heterocycles. The van der Waals surface area contributed by atoms with Crippen LogP contribution < -0.4 is 15.8 Å². The normalized spacial score (nSPS) is 19.4. The Morgan fingerprint density at radius 2 is 1.92 bits per heavy atom. The fraction of sp³-hybridized carbons (Fsp3) is 0.500. The molecule has 2 aromatic rings. The molecule has 1 aliphatic heterocycles. The van der Waals surface area contributed by atoms with Crippen molar-refractivity contribution in [3.8, 4) is 5.75 Å². The van der Waals surface area contributed by atoms with Gasteiger partial charge in [-0.3, -0.25) is 4.79 Å². The Morgan fingerprint density at radius 1 is 1.24 bits per heavy atom. The maximum absolute atomic E-state index is 13.4. The number of amides is 1. The van der Waals surface area contributed by atoms with Crippen LogP contribution in [-0.2, 0) is 20.0 Å². The number of ether oxygens (including phenoxy) is 4. The Morgan fingerprint density at radius 3 is 2.51 bits per heavy atom. The molecule has 3 atom stereocenters. The van der Waals surface area contributed by atoms with Crippen molar-refractivity contribution < 1.29 is 33.2 Å². The Bertz CT molecular complexity index is 1050. The Labute approximate surface area is 221 Å². The molecular weight excluding hydrogens is 505 g/mol. The summed E-state index contributed by atoms with van der Waals surface area (Å²) in [6.07, 6.45) is -0.345. The van der Waals surface area contributed by atoms with Gasteiger partial charge in [0.05, 0.1) is 35.5 Å². The van der Waals surface area contributed by atoms with E-state index >= 15 is 0 Å². The number of hydrogen-bond acceptors (Lipinski definition) is 8. The largest absolute Gasteiger partial charge is 0.496 e. The summed E-state index contributed by atoms with van der Waals surface area (Å²) in [6, 6.07) is 8.42. The molecule has 1 saturated heterocycles. The van der Waals surface area contributed by atoms with Crippen LogP contribution in [0, 0.1) is 5.82 Å². The highest BCUT2D eigenvalue weighted by Gasteiger charge is 2.41. The topological polar surface area (TPSA) is 116 Å². The smallest absolute Gasteiger partial charge is 0.255 e. The minimum atomic E-state index is -1.43. The molecule has 37 heavy (non-hydrogen) atoms. The number of carbonyl (C=O) groups excluding carboxylic acids is 1. The molecule has 1 heterocycles. The van der Waals surface area contributed by atoms with Crippen molar-refractivity contribution >= 4 is 23.2 Å². The zero-order chi connectivity index (χ0) is 27.2. The SMILES string of the molecule is COc1cc(N)c(Cl)cc1C(=O)N[C@H]1CCN(CCC(O)C(OC)(OC)c2ccc(F)cc2)C[C@H]1OC. The second-order valence-corrected chi connectivity index (χ2v) is 9.31. The number of piperidine rings is 1. The summed E-state index contributed by atoms with van der Waals surface area (Å²) < 4.78 is 35.6. The number of nitrogens with one attached hydrogen (secondary N) is 1. The van der Waals surface area contributed by atoms with E-state index in [1.165, 1.54) is 57.7 Å². The molecule has 1 aliphatic rings. The van der Waals surface area contributed by atoms with E-state index in [0.717, 1.165) is 0 Å². The third-order valence-electron chi connectivity index (χ3n) is 6.84. The first-order chi connectivity index (χ1) is 17.7. The predicted octanol–water partition coefficient (Wildman–Crippen LogP) is 2.79. The van der Waals surface area contributed by atoms with Gasteiger partial charge in [0, 0.05) is 52.6 Å². The second kappa shape index (κ2) is 12.9. The molecule has 1 fully saturated rings. The minimum Gasteiger partial charge on any atom is -0.496 e. The molecule has 0 saturated carbocycles. The van der Waals surface area contributed by atoms with E-state index in [1.54, 1.807) is 7.11 Å². The van der Waals surface area contributed by atoms with Crippen molar-refractivity contribution in [3.63, 3.8) is 0 Å². The van der Waals surface area contributed by atoms with E-state index in [-0.39, 0.29) is 23.1 Å². The van der Waals surface area contributed by atoms with E-state index < -0.39 is 17.7 Å². The molecule has 204 valence electrons. The Kier molecular flexibility index (Phi) is 10.1. The summed E-state index contributed by atoms with van der Waals surface area (Å²) >= 11 is 6.12. The van der Waals surface area contributed by atoms with E-state index in [4.69, 9.17) is 36.3 Å². The molecule has 0 bridgehead atoms. The first-order valence-corrected chi connectivity index (χ1v) is 12.3. The lowest BCUT2D eigenvalue weighted by atomic mass is 9.96. The third kappa shape index (κ3) is 6.51. The van der Waals surface area contributed by atoms with Crippen LogP contribution in [0.25, 0.3) is 0 Å². The van der Waals surface area contributed by atoms with Gasteiger partial charge >= 0.3 is 0 Å². The van der Waals surface area contributed by atoms with Crippen LogP contribution in [0.5, 0.6) is 5.75 Å². The molecule has 0 aliphatic carbocycles. The second-order valence-electron chi connectivity index (χ2n) is 8.90.